The third-order valence-corrected chi connectivity index (χ3v) is 7.24. The smallest absolute Gasteiger partial charge is 0.351 e. The van der Waals surface area contributed by atoms with Gasteiger partial charge in [-0.2, -0.15) is 4.98 Å². The van der Waals surface area contributed by atoms with E-state index in [4.69, 9.17) is 4.74 Å². The van der Waals surface area contributed by atoms with Crippen LogP contribution < -0.4 is 11.0 Å². The predicted octanol–water partition coefficient (Wildman–Crippen LogP) is 3.04. The average Bonchev–Trinajstić information content (AvgIpc) is 3.23. The van der Waals surface area contributed by atoms with Gasteiger partial charge < -0.3 is 20.3 Å². The van der Waals surface area contributed by atoms with Gasteiger partial charge in [0.05, 0.1) is 0 Å². The van der Waals surface area contributed by atoms with Gasteiger partial charge in [-0.25, -0.2) is 9.18 Å². The van der Waals surface area contributed by atoms with E-state index in [0.29, 0.717) is 10.1 Å². The summed E-state index contributed by atoms with van der Waals surface area (Å²) in [7, 11) is 0. The van der Waals surface area contributed by atoms with Crippen LogP contribution in [0.25, 0.3) is 0 Å². The van der Waals surface area contributed by atoms with Crippen LogP contribution in [-0.4, -0.2) is 54.6 Å². The molecule has 2 unspecified atom stereocenters. The Bertz CT molecular complexity index is 1680. The van der Waals surface area contributed by atoms with Crippen molar-refractivity contribution in [3.8, 4) is 0 Å². The van der Waals surface area contributed by atoms with Crippen molar-refractivity contribution in [2.24, 2.45) is 0 Å². The molecule has 1 aliphatic heterocycles. The quantitative estimate of drug-likeness (QED) is 0.274. The Morgan fingerprint density at radius 3 is 2.05 bits per heavy atom. The van der Waals surface area contributed by atoms with E-state index in [1.54, 1.807) is 54.6 Å². The minimum Gasteiger partial charge on any atom is -0.380 e. The number of halogens is 1. The molecule has 214 valence electrons. The zero-order valence-electron chi connectivity index (χ0n) is 22.3. The van der Waals surface area contributed by atoms with Crippen LogP contribution in [-0.2, 0) is 9.53 Å². The summed E-state index contributed by atoms with van der Waals surface area (Å²) in [5.41, 5.74) is -7.03. The first-order chi connectivity index (χ1) is 20.1. The lowest BCUT2D eigenvalue weighted by molar-refractivity contribution is -0.148. The molecule has 1 fully saturated rings. The molecule has 1 amide bonds. The third kappa shape index (κ3) is 4.94. The van der Waals surface area contributed by atoms with Crippen molar-refractivity contribution >= 4 is 23.3 Å². The summed E-state index contributed by atoms with van der Waals surface area (Å²) in [4.78, 5) is 56.6. The maximum atomic E-state index is 16.8. The molecule has 1 aromatic heterocycles. The monoisotopic (exact) mass is 571 g/mol. The number of benzene rings is 3. The van der Waals surface area contributed by atoms with E-state index in [9.17, 15) is 29.4 Å². The standard InChI is InChI=1S/C31H26FN3O7/c1-30(32)28(35-18-17-22(34-29(35)40)33-27(39)21-15-9-4-10-16-21)42-26(24(37)23(36)19-11-5-2-6-12-19)31(30,41)25(38)20-13-7-3-8-14-20/h2-18,23,26,28,36,41H,1H3,(H,33,34,39,40)/t23?,26-,28-,30?,31-/m1/s1. The minimum atomic E-state index is -3.16. The average molecular weight is 572 g/mol. The van der Waals surface area contributed by atoms with Crippen LogP contribution in [0.5, 0.6) is 0 Å². The number of nitrogens with one attached hydrogen (secondary N) is 1. The van der Waals surface area contributed by atoms with Gasteiger partial charge in [0.2, 0.25) is 5.78 Å². The van der Waals surface area contributed by atoms with E-state index < -0.39 is 52.9 Å². The van der Waals surface area contributed by atoms with E-state index in [0.717, 1.165) is 13.1 Å². The molecule has 0 spiro atoms. The number of Topliss-reactive ketones (excluding diaryl/α,β-unsaturated/α-hetero) is 2. The molecule has 0 aliphatic carbocycles. The second kappa shape index (κ2) is 11.2. The molecule has 4 aromatic rings. The van der Waals surface area contributed by atoms with E-state index in [1.165, 1.54) is 42.5 Å². The molecule has 0 radical (unpaired) electrons. The molecule has 11 heteroatoms. The third-order valence-electron chi connectivity index (χ3n) is 7.24. The number of aliphatic hydroxyl groups is 2. The van der Waals surface area contributed by atoms with Crippen molar-refractivity contribution in [1.82, 2.24) is 9.55 Å². The number of hydrogen-bond donors (Lipinski definition) is 3. The second-order valence-corrected chi connectivity index (χ2v) is 9.94. The van der Waals surface area contributed by atoms with Crippen molar-refractivity contribution < 1.29 is 33.7 Å². The van der Waals surface area contributed by atoms with E-state index >= 15 is 4.39 Å². The summed E-state index contributed by atoms with van der Waals surface area (Å²) in [5, 5.41) is 25.1. The lowest BCUT2D eigenvalue weighted by Gasteiger charge is -2.35. The number of aromatic nitrogens is 2. The van der Waals surface area contributed by atoms with E-state index in [2.05, 4.69) is 10.3 Å². The van der Waals surface area contributed by atoms with Gasteiger partial charge in [-0.15, -0.1) is 0 Å². The highest BCUT2D eigenvalue weighted by Gasteiger charge is 2.72. The number of hydrogen-bond acceptors (Lipinski definition) is 8. The molecule has 3 aromatic carbocycles. The van der Waals surface area contributed by atoms with E-state index in [1.807, 2.05) is 0 Å². The summed E-state index contributed by atoms with van der Waals surface area (Å²) < 4.78 is 23.2. The minimum absolute atomic E-state index is 0.121. The Morgan fingerprint density at radius 1 is 0.929 bits per heavy atom. The largest absolute Gasteiger partial charge is 0.380 e. The number of ether oxygens (including phenoxy) is 1. The van der Waals surface area contributed by atoms with Gasteiger partial charge in [-0.05, 0) is 30.7 Å². The zero-order valence-corrected chi connectivity index (χ0v) is 22.3. The number of nitrogens with zero attached hydrogens (tertiary/aromatic N) is 2. The Hall–Kier alpha value is -4.84. The highest BCUT2D eigenvalue weighted by Crippen LogP contribution is 2.50. The van der Waals surface area contributed by atoms with Gasteiger partial charge >= 0.3 is 5.69 Å². The van der Waals surface area contributed by atoms with Crippen molar-refractivity contribution in [3.63, 3.8) is 0 Å². The number of aliphatic hydroxyl groups excluding tert-OH is 1. The molecule has 1 saturated heterocycles. The van der Waals surface area contributed by atoms with Crippen LogP contribution in [0.4, 0.5) is 10.2 Å². The number of anilines is 1. The molecule has 10 nitrogen and oxygen atoms in total. The van der Waals surface area contributed by atoms with Crippen LogP contribution in [0.15, 0.2) is 108 Å². The molecule has 0 saturated carbocycles. The van der Waals surface area contributed by atoms with Gasteiger partial charge in [0.15, 0.2) is 29.4 Å². The lowest BCUT2D eigenvalue weighted by atomic mass is 9.75. The highest BCUT2D eigenvalue weighted by molar-refractivity contribution is 6.08. The fourth-order valence-electron chi connectivity index (χ4n) is 4.93. The molecule has 5 atom stereocenters. The highest BCUT2D eigenvalue weighted by atomic mass is 19.1. The van der Waals surface area contributed by atoms with Crippen molar-refractivity contribution in [1.29, 1.82) is 0 Å². The fourth-order valence-corrected chi connectivity index (χ4v) is 4.93. The normalized spacial score (nSPS) is 24.1. The van der Waals surface area contributed by atoms with Crippen LogP contribution in [0.3, 0.4) is 0 Å². The predicted molar refractivity (Wildman–Crippen MR) is 148 cm³/mol. The van der Waals surface area contributed by atoms with Crippen LogP contribution >= 0.6 is 0 Å². The van der Waals surface area contributed by atoms with Gasteiger partial charge in [0.25, 0.3) is 5.91 Å². The molecule has 1 aliphatic rings. The topological polar surface area (TPSA) is 148 Å². The summed E-state index contributed by atoms with van der Waals surface area (Å²) in [6.07, 6.45) is -5.06. The summed E-state index contributed by atoms with van der Waals surface area (Å²) in [5.74, 6) is -3.06. The second-order valence-electron chi connectivity index (χ2n) is 9.94. The molecular weight excluding hydrogens is 545 g/mol. The summed E-state index contributed by atoms with van der Waals surface area (Å²) in [6.45, 7) is 0.832. The maximum absolute atomic E-state index is 16.8. The van der Waals surface area contributed by atoms with Crippen LogP contribution in [0, 0.1) is 0 Å². The molecule has 42 heavy (non-hydrogen) atoms. The summed E-state index contributed by atoms with van der Waals surface area (Å²) >= 11 is 0. The van der Waals surface area contributed by atoms with Crippen molar-refractivity contribution in [3.05, 3.63) is 130 Å². The Kier molecular flexibility index (Phi) is 7.65. The van der Waals surface area contributed by atoms with Crippen molar-refractivity contribution in [2.75, 3.05) is 5.32 Å². The SMILES string of the molecule is CC1(F)[C@H](n2ccc(NC(=O)c3ccccc3)nc2=O)O[C@H](C(=O)C(O)c2ccccc2)[C@]1(O)C(=O)c1ccccc1. The maximum Gasteiger partial charge on any atom is 0.351 e. The number of ketones is 2. The Morgan fingerprint density at radius 2 is 1.48 bits per heavy atom. The van der Waals surface area contributed by atoms with Gasteiger partial charge in [-0.3, -0.25) is 19.0 Å². The number of amides is 1. The molecule has 3 N–H and O–H groups in total. The molecular formula is C31H26FN3O7. The van der Waals surface area contributed by atoms with Gasteiger partial charge in [0.1, 0.15) is 11.9 Å². The van der Waals surface area contributed by atoms with Gasteiger partial charge in [0, 0.05) is 17.3 Å². The number of carbonyl (C=O) groups excluding carboxylic acids is 3. The lowest BCUT2D eigenvalue weighted by Crippen LogP contribution is -2.61. The first-order valence-corrected chi connectivity index (χ1v) is 12.9. The van der Waals surface area contributed by atoms with Crippen LogP contribution in [0.1, 0.15) is 45.5 Å². The van der Waals surface area contributed by atoms with Gasteiger partial charge in [-0.1, -0.05) is 78.9 Å². The van der Waals surface area contributed by atoms with Crippen molar-refractivity contribution in [2.45, 2.75) is 36.6 Å². The molecule has 5 rings (SSSR count). The number of alkyl halides is 1. The number of rotatable bonds is 8. The van der Waals surface area contributed by atoms with Crippen LogP contribution in [0.2, 0.25) is 0 Å². The molecule has 0 bridgehead atoms. The first-order valence-electron chi connectivity index (χ1n) is 12.9. The summed E-state index contributed by atoms with van der Waals surface area (Å²) in [6, 6.07) is 24.3. The number of carbonyl (C=O) groups is 3. The first kappa shape index (κ1) is 28.7. The fraction of sp³-hybridized carbons (Fsp3) is 0.194. The Labute approximate surface area is 239 Å². The Balaban J connectivity index is 1.53. The van der Waals surface area contributed by atoms with E-state index in [-0.39, 0.29) is 16.9 Å². The molecule has 2 heterocycles. The zero-order chi connectivity index (χ0) is 30.1.